The minimum atomic E-state index is -0.855. The van der Waals surface area contributed by atoms with Gasteiger partial charge in [-0.3, -0.25) is 14.5 Å². The fourth-order valence-electron chi connectivity index (χ4n) is 3.33. The van der Waals surface area contributed by atoms with E-state index < -0.39 is 11.6 Å². The first-order chi connectivity index (χ1) is 14.4. The Morgan fingerprint density at radius 3 is 2.53 bits per heavy atom. The van der Waals surface area contributed by atoms with E-state index in [0.29, 0.717) is 44.0 Å². The molecule has 1 saturated heterocycles. The van der Waals surface area contributed by atoms with Crippen LogP contribution >= 0.6 is 0 Å². The van der Waals surface area contributed by atoms with Crippen molar-refractivity contribution in [2.75, 3.05) is 31.6 Å². The predicted octanol–water partition coefficient (Wildman–Crippen LogP) is 2.48. The van der Waals surface area contributed by atoms with E-state index in [4.69, 9.17) is 4.74 Å². The summed E-state index contributed by atoms with van der Waals surface area (Å²) in [5.74, 6) is -1.98. The van der Waals surface area contributed by atoms with Crippen LogP contribution in [0.15, 0.2) is 42.5 Å². The van der Waals surface area contributed by atoms with Gasteiger partial charge in [-0.15, -0.1) is 0 Å². The van der Waals surface area contributed by atoms with Gasteiger partial charge in [-0.1, -0.05) is 18.2 Å². The van der Waals surface area contributed by atoms with Crippen molar-refractivity contribution in [3.63, 3.8) is 0 Å². The van der Waals surface area contributed by atoms with Gasteiger partial charge in [0.1, 0.15) is 0 Å². The molecule has 0 saturated carbocycles. The van der Waals surface area contributed by atoms with Crippen molar-refractivity contribution in [2.45, 2.75) is 26.0 Å². The first kappa shape index (κ1) is 21.9. The van der Waals surface area contributed by atoms with Gasteiger partial charge in [0.15, 0.2) is 11.6 Å². The lowest BCUT2D eigenvalue weighted by atomic mass is 10.1. The largest absolute Gasteiger partial charge is 0.374 e. The van der Waals surface area contributed by atoms with Crippen LogP contribution < -0.4 is 10.6 Å². The molecule has 2 amide bonds. The van der Waals surface area contributed by atoms with E-state index in [1.807, 2.05) is 0 Å². The summed E-state index contributed by atoms with van der Waals surface area (Å²) in [5, 5.41) is 5.56. The lowest BCUT2D eigenvalue weighted by Gasteiger charge is -2.33. The molecule has 1 heterocycles. The van der Waals surface area contributed by atoms with Gasteiger partial charge in [0.25, 0.3) is 0 Å². The second kappa shape index (κ2) is 10.3. The quantitative estimate of drug-likeness (QED) is 0.726. The minimum absolute atomic E-state index is 0.122. The molecule has 2 aromatic rings. The Morgan fingerprint density at radius 1 is 1.10 bits per heavy atom. The lowest BCUT2D eigenvalue weighted by Crippen LogP contribution is -2.47. The third-order valence-electron chi connectivity index (χ3n) is 4.78. The van der Waals surface area contributed by atoms with Gasteiger partial charge in [-0.25, -0.2) is 8.78 Å². The third-order valence-corrected chi connectivity index (χ3v) is 4.78. The van der Waals surface area contributed by atoms with Gasteiger partial charge in [0.05, 0.1) is 19.1 Å². The van der Waals surface area contributed by atoms with E-state index in [1.165, 1.54) is 13.0 Å². The number of nitrogens with zero attached hydrogens (tertiary/aromatic N) is 1. The van der Waals surface area contributed by atoms with Crippen molar-refractivity contribution in [1.29, 1.82) is 0 Å². The van der Waals surface area contributed by atoms with Crippen LogP contribution in [0, 0.1) is 11.6 Å². The Morgan fingerprint density at radius 2 is 1.83 bits per heavy atom. The van der Waals surface area contributed by atoms with E-state index in [1.54, 1.807) is 30.3 Å². The highest BCUT2D eigenvalue weighted by Gasteiger charge is 2.21. The average Bonchev–Trinajstić information content (AvgIpc) is 2.71. The van der Waals surface area contributed by atoms with Gasteiger partial charge >= 0.3 is 0 Å². The summed E-state index contributed by atoms with van der Waals surface area (Å²) >= 11 is 0. The highest BCUT2D eigenvalue weighted by Crippen LogP contribution is 2.14. The maximum absolute atomic E-state index is 13.4. The third kappa shape index (κ3) is 6.60. The van der Waals surface area contributed by atoms with E-state index >= 15 is 0 Å². The van der Waals surface area contributed by atoms with Gasteiger partial charge in [-0.2, -0.15) is 0 Å². The zero-order valence-electron chi connectivity index (χ0n) is 16.8. The number of hydrogen-bond donors (Lipinski definition) is 2. The molecular formula is C22H25F2N3O3. The number of anilines is 1. The Hall–Kier alpha value is -2.84. The molecule has 3 rings (SSSR count). The molecule has 6 nitrogen and oxygen atoms in total. The van der Waals surface area contributed by atoms with Crippen molar-refractivity contribution >= 4 is 17.5 Å². The maximum atomic E-state index is 13.4. The molecule has 1 fully saturated rings. The fourth-order valence-corrected chi connectivity index (χ4v) is 3.33. The van der Waals surface area contributed by atoms with E-state index in [0.717, 1.165) is 11.6 Å². The molecular weight excluding hydrogens is 392 g/mol. The van der Waals surface area contributed by atoms with Gasteiger partial charge in [-0.05, 0) is 35.4 Å². The van der Waals surface area contributed by atoms with Gasteiger partial charge in [0, 0.05) is 38.8 Å². The Bertz CT molecular complexity index is 890. The van der Waals surface area contributed by atoms with Crippen LogP contribution in [0.5, 0.6) is 0 Å². The smallest absolute Gasteiger partial charge is 0.224 e. The van der Waals surface area contributed by atoms with Crippen molar-refractivity contribution in [1.82, 2.24) is 10.2 Å². The zero-order valence-corrected chi connectivity index (χ0v) is 16.8. The second-order valence-corrected chi connectivity index (χ2v) is 7.34. The number of rotatable bonds is 7. The number of carbonyl (C=O) groups is 2. The summed E-state index contributed by atoms with van der Waals surface area (Å²) in [6.07, 6.45) is 0.0567. The maximum Gasteiger partial charge on any atom is 0.224 e. The fraction of sp³-hybridized carbons (Fsp3) is 0.364. The first-order valence-electron chi connectivity index (χ1n) is 9.80. The summed E-state index contributed by atoms with van der Waals surface area (Å²) in [5.41, 5.74) is 2.22. The van der Waals surface area contributed by atoms with Crippen LogP contribution in [0.3, 0.4) is 0 Å². The highest BCUT2D eigenvalue weighted by molar-refractivity contribution is 5.88. The number of hydrogen-bond acceptors (Lipinski definition) is 4. The Labute approximate surface area is 174 Å². The molecule has 1 aliphatic heterocycles. The van der Waals surface area contributed by atoms with Crippen LogP contribution in [-0.4, -0.2) is 49.1 Å². The zero-order chi connectivity index (χ0) is 21.5. The summed E-state index contributed by atoms with van der Waals surface area (Å²) in [6.45, 7) is 4.08. The van der Waals surface area contributed by atoms with Crippen LogP contribution in [-0.2, 0) is 27.3 Å². The normalized spacial score (nSPS) is 16.8. The second-order valence-electron chi connectivity index (χ2n) is 7.34. The topological polar surface area (TPSA) is 70.7 Å². The number of nitrogens with one attached hydrogen (secondary N) is 2. The van der Waals surface area contributed by atoms with E-state index in [9.17, 15) is 18.4 Å². The van der Waals surface area contributed by atoms with Crippen molar-refractivity contribution < 1.29 is 23.1 Å². The molecule has 1 aliphatic rings. The molecule has 0 aliphatic carbocycles. The Balaban J connectivity index is 1.44. The predicted molar refractivity (Wildman–Crippen MR) is 109 cm³/mol. The standard InChI is InChI=1S/C22H25F2N3O3/c1-15(28)26-18-5-2-16(3-6-18)11-22(29)25-12-19-14-27(8-9-30-19)13-17-4-7-20(23)21(24)10-17/h2-7,10,19H,8-9,11-14H2,1H3,(H,25,29)(H,26,28). The van der Waals surface area contributed by atoms with Crippen LogP contribution in [0.1, 0.15) is 18.1 Å². The van der Waals surface area contributed by atoms with Gasteiger partial charge < -0.3 is 15.4 Å². The van der Waals surface area contributed by atoms with Crippen LogP contribution in [0.2, 0.25) is 0 Å². The molecule has 160 valence electrons. The number of amides is 2. The number of benzene rings is 2. The van der Waals surface area contributed by atoms with Crippen LogP contribution in [0.25, 0.3) is 0 Å². The molecule has 8 heteroatoms. The van der Waals surface area contributed by atoms with E-state index in [-0.39, 0.29) is 24.3 Å². The van der Waals surface area contributed by atoms with Gasteiger partial charge in [0.2, 0.25) is 11.8 Å². The molecule has 1 unspecified atom stereocenters. The van der Waals surface area contributed by atoms with Crippen LogP contribution in [0.4, 0.5) is 14.5 Å². The minimum Gasteiger partial charge on any atom is -0.374 e. The summed E-state index contributed by atoms with van der Waals surface area (Å²) < 4.78 is 32.2. The molecule has 0 bridgehead atoms. The SMILES string of the molecule is CC(=O)Nc1ccc(CC(=O)NCC2CN(Cc3ccc(F)c(F)c3)CCO2)cc1. The molecule has 2 aromatic carbocycles. The highest BCUT2D eigenvalue weighted by atomic mass is 19.2. The number of morpholine rings is 1. The molecule has 2 N–H and O–H groups in total. The average molecular weight is 417 g/mol. The monoisotopic (exact) mass is 417 g/mol. The number of halogens is 2. The summed E-state index contributed by atoms with van der Waals surface area (Å²) in [6, 6.07) is 11.0. The van der Waals surface area contributed by atoms with Crippen molar-refractivity contribution in [3.05, 3.63) is 65.2 Å². The van der Waals surface area contributed by atoms with Crippen molar-refractivity contribution in [2.24, 2.45) is 0 Å². The lowest BCUT2D eigenvalue weighted by molar-refractivity contribution is -0.121. The number of carbonyl (C=O) groups excluding carboxylic acids is 2. The summed E-state index contributed by atoms with van der Waals surface area (Å²) in [7, 11) is 0. The molecule has 1 atom stereocenters. The molecule has 0 spiro atoms. The molecule has 0 radical (unpaired) electrons. The molecule has 0 aromatic heterocycles. The van der Waals surface area contributed by atoms with E-state index in [2.05, 4.69) is 15.5 Å². The first-order valence-corrected chi connectivity index (χ1v) is 9.80. The summed E-state index contributed by atoms with van der Waals surface area (Å²) in [4.78, 5) is 25.4. The Kier molecular flexibility index (Phi) is 7.48. The molecule has 30 heavy (non-hydrogen) atoms. The van der Waals surface area contributed by atoms with Crippen molar-refractivity contribution in [3.8, 4) is 0 Å². The number of ether oxygens (including phenoxy) is 1.